The zero-order valence-electron chi connectivity index (χ0n) is 22.5. The number of alkyl halides is 3. The van der Waals surface area contributed by atoms with Gasteiger partial charge in [0.2, 0.25) is 0 Å². The van der Waals surface area contributed by atoms with Crippen LogP contribution >= 0.6 is 0 Å². The summed E-state index contributed by atoms with van der Waals surface area (Å²) in [5, 5.41) is 0. The van der Waals surface area contributed by atoms with Gasteiger partial charge in [0, 0.05) is 60.2 Å². The average Bonchev–Trinajstić information content (AvgIpc) is 3.65. The van der Waals surface area contributed by atoms with Crippen LogP contribution < -0.4 is 0 Å². The summed E-state index contributed by atoms with van der Waals surface area (Å²) in [6.07, 6.45) is 2.36. The van der Waals surface area contributed by atoms with Gasteiger partial charge in [0.05, 0.1) is 29.0 Å². The van der Waals surface area contributed by atoms with Gasteiger partial charge >= 0.3 is 6.18 Å². The van der Waals surface area contributed by atoms with Crippen molar-refractivity contribution in [1.82, 2.24) is 24.5 Å². The lowest BCUT2D eigenvalue weighted by molar-refractivity contribution is -0.137. The molecule has 0 saturated carbocycles. The number of hydrogen-bond acceptors (Lipinski definition) is 6. The number of aryl methyl sites for hydroxylation is 1. The highest BCUT2D eigenvalue weighted by molar-refractivity contribution is 5.98. The molecule has 216 valence electrons. The fraction of sp³-hybridized carbons (Fsp3) is 0.161. The van der Waals surface area contributed by atoms with Gasteiger partial charge in [-0.25, -0.2) is 23.7 Å². The van der Waals surface area contributed by atoms with E-state index >= 15 is 8.78 Å². The Labute approximate surface area is 241 Å². The third-order valence-electron chi connectivity index (χ3n) is 7.09. The topological polar surface area (TPSA) is 85.9 Å². The normalized spacial score (nSPS) is 12.5. The molecule has 0 bridgehead atoms. The molecule has 0 N–H and O–H groups in total. The number of pyridine rings is 1. The second-order valence-corrected chi connectivity index (χ2v) is 10.00. The first kappa shape index (κ1) is 28.0. The van der Waals surface area contributed by atoms with Crippen LogP contribution in [0.1, 0.15) is 44.1 Å². The maximum Gasteiger partial charge on any atom is 0.416 e. The number of benzene rings is 2. The summed E-state index contributed by atoms with van der Waals surface area (Å²) in [5.41, 5.74) is 1.43. The van der Waals surface area contributed by atoms with Crippen molar-refractivity contribution in [2.45, 2.75) is 32.4 Å². The molecule has 12 heteroatoms. The summed E-state index contributed by atoms with van der Waals surface area (Å²) >= 11 is 0. The predicted octanol–water partition coefficient (Wildman–Crippen LogP) is 6.60. The van der Waals surface area contributed by atoms with Gasteiger partial charge in [-0.3, -0.25) is 14.8 Å². The number of carbonyl (C=O) groups is 1. The Hall–Kier alpha value is -5.13. The molecule has 1 aliphatic heterocycles. The molecule has 0 spiro atoms. The van der Waals surface area contributed by atoms with E-state index in [9.17, 15) is 18.0 Å². The van der Waals surface area contributed by atoms with Crippen LogP contribution in [0, 0.1) is 18.6 Å². The average molecular weight is 589 g/mol. The molecule has 6 rings (SSSR count). The molecule has 0 unspecified atom stereocenters. The maximum absolute atomic E-state index is 15.8. The van der Waals surface area contributed by atoms with Crippen LogP contribution in [0.15, 0.2) is 72.5 Å². The van der Waals surface area contributed by atoms with E-state index in [0.717, 1.165) is 30.0 Å². The van der Waals surface area contributed by atoms with E-state index in [-0.39, 0.29) is 28.8 Å². The van der Waals surface area contributed by atoms with Crippen molar-refractivity contribution in [3.05, 3.63) is 118 Å². The third kappa shape index (κ3) is 5.55. The lowest BCUT2D eigenvalue weighted by Gasteiger charge is -2.14. The summed E-state index contributed by atoms with van der Waals surface area (Å²) in [5.74, 6) is -2.60. The van der Waals surface area contributed by atoms with E-state index in [4.69, 9.17) is 0 Å². The van der Waals surface area contributed by atoms with E-state index in [1.807, 2.05) is 0 Å². The van der Waals surface area contributed by atoms with Gasteiger partial charge in [0.25, 0.3) is 0 Å². The molecule has 1 aliphatic rings. The van der Waals surface area contributed by atoms with E-state index < -0.39 is 35.6 Å². The molecule has 5 aromatic rings. The molecule has 43 heavy (non-hydrogen) atoms. The zero-order chi connectivity index (χ0) is 30.3. The smallest absolute Gasteiger partial charge is 0.306 e. The minimum Gasteiger partial charge on any atom is -0.306 e. The quantitative estimate of drug-likeness (QED) is 0.158. The molecule has 7 nitrogen and oxygen atoms in total. The van der Waals surface area contributed by atoms with Crippen LogP contribution in [0.2, 0.25) is 0 Å². The number of carbonyl (C=O) groups excluding carboxylic acids is 1. The van der Waals surface area contributed by atoms with Gasteiger partial charge in [0.15, 0.2) is 5.78 Å². The molecular formula is C31H21F5N6O. The highest BCUT2D eigenvalue weighted by Gasteiger charge is 2.32. The van der Waals surface area contributed by atoms with Gasteiger partial charge in [-0.2, -0.15) is 13.2 Å². The molecular weight excluding hydrogens is 567 g/mol. The van der Waals surface area contributed by atoms with Crippen LogP contribution in [-0.2, 0) is 25.4 Å². The van der Waals surface area contributed by atoms with Gasteiger partial charge in [-0.15, -0.1) is 0 Å². The number of imidazole rings is 1. The lowest BCUT2D eigenvalue weighted by Crippen LogP contribution is -2.12. The number of aromatic nitrogens is 5. The van der Waals surface area contributed by atoms with Crippen LogP contribution in [-0.4, -0.2) is 36.5 Å². The second-order valence-electron chi connectivity index (χ2n) is 10.00. The van der Waals surface area contributed by atoms with Crippen LogP contribution in [0.4, 0.5) is 27.6 Å². The summed E-state index contributed by atoms with van der Waals surface area (Å²) in [6.45, 7) is 1.67. The van der Waals surface area contributed by atoms with Crippen molar-refractivity contribution in [2.75, 3.05) is 0 Å². The number of hydrogen-bond donors (Lipinski definition) is 0. The molecule has 0 atom stereocenters. The number of rotatable bonds is 7. The highest BCUT2D eigenvalue weighted by atomic mass is 19.4. The summed E-state index contributed by atoms with van der Waals surface area (Å²) < 4.78 is 73.3. The zero-order valence-corrected chi connectivity index (χ0v) is 22.5. The number of nitrogens with zero attached hydrogens (tertiary/aromatic N) is 6. The van der Waals surface area contributed by atoms with Crippen molar-refractivity contribution in [2.24, 2.45) is 4.99 Å². The Kier molecular flexibility index (Phi) is 7.12. The first-order chi connectivity index (χ1) is 20.6. The second kappa shape index (κ2) is 10.9. The Morgan fingerprint density at radius 2 is 1.86 bits per heavy atom. The van der Waals surface area contributed by atoms with Gasteiger partial charge in [-0.05, 0) is 48.9 Å². The van der Waals surface area contributed by atoms with Gasteiger partial charge in [0.1, 0.15) is 29.3 Å². The van der Waals surface area contributed by atoms with Crippen molar-refractivity contribution in [1.29, 1.82) is 0 Å². The Morgan fingerprint density at radius 1 is 1.02 bits per heavy atom. The summed E-state index contributed by atoms with van der Waals surface area (Å²) in [4.78, 5) is 34.5. The number of halogens is 5. The minimum absolute atomic E-state index is 0.0715. The molecule has 2 aromatic carbocycles. The first-order valence-electron chi connectivity index (χ1n) is 13.1. The molecule has 0 fully saturated rings. The molecule has 0 aliphatic carbocycles. The SMILES string of the molecule is Cc1cn(-c2cc(C(=O)Cc3ccc(F)c(Cc4ncccc4-c4ncnc5c4N=CC5)c3F)cc(C(F)(F)F)c2)cn1. The first-order valence-corrected chi connectivity index (χ1v) is 13.1. The fourth-order valence-corrected chi connectivity index (χ4v) is 4.95. The Morgan fingerprint density at radius 3 is 2.63 bits per heavy atom. The van der Waals surface area contributed by atoms with Crippen molar-refractivity contribution in [3.8, 4) is 16.9 Å². The number of Topliss-reactive ketones (excluding diaryl/α,β-unsaturated/α-hetero) is 1. The van der Waals surface area contributed by atoms with Crippen molar-refractivity contribution in [3.63, 3.8) is 0 Å². The molecule has 4 heterocycles. The monoisotopic (exact) mass is 588 g/mol. The standard InChI is InChI=1S/C31H21F5N6O/c1-17-14-42(16-41-17)21-10-19(9-20(12-21)31(34,35)36)27(43)11-18-4-5-24(32)23(28(18)33)13-26-22(3-2-7-37-26)29-30-25(6-8-38-30)39-15-40-29/h2-5,7-10,12,14-16H,6,11,13H2,1H3. The maximum atomic E-state index is 15.8. The van der Waals surface area contributed by atoms with Crippen LogP contribution in [0.25, 0.3) is 16.9 Å². The van der Waals surface area contributed by atoms with E-state index in [1.165, 1.54) is 35.7 Å². The van der Waals surface area contributed by atoms with E-state index in [1.54, 1.807) is 25.3 Å². The van der Waals surface area contributed by atoms with Gasteiger partial charge < -0.3 is 4.57 Å². The number of ketones is 1. The summed E-state index contributed by atoms with van der Waals surface area (Å²) in [6, 6.07) is 8.44. The third-order valence-corrected chi connectivity index (χ3v) is 7.09. The highest BCUT2D eigenvalue weighted by Crippen LogP contribution is 2.36. The fourth-order valence-electron chi connectivity index (χ4n) is 4.95. The molecule has 0 amide bonds. The van der Waals surface area contributed by atoms with Crippen molar-refractivity contribution < 1.29 is 26.7 Å². The van der Waals surface area contributed by atoms with Crippen molar-refractivity contribution >= 4 is 17.7 Å². The lowest BCUT2D eigenvalue weighted by atomic mass is 9.95. The number of fused-ring (bicyclic) bond motifs is 1. The summed E-state index contributed by atoms with van der Waals surface area (Å²) in [7, 11) is 0. The largest absolute Gasteiger partial charge is 0.416 e. The van der Waals surface area contributed by atoms with Gasteiger partial charge in [-0.1, -0.05) is 6.07 Å². The van der Waals surface area contributed by atoms with Crippen LogP contribution in [0.3, 0.4) is 0 Å². The van der Waals surface area contributed by atoms with Crippen LogP contribution in [0.5, 0.6) is 0 Å². The molecule has 3 aromatic heterocycles. The molecule has 0 saturated heterocycles. The van der Waals surface area contributed by atoms with E-state index in [2.05, 4.69) is 24.9 Å². The Bertz CT molecular complexity index is 1910. The Balaban J connectivity index is 1.33. The predicted molar refractivity (Wildman–Crippen MR) is 148 cm³/mol. The van der Waals surface area contributed by atoms with E-state index in [0.29, 0.717) is 34.8 Å². The minimum atomic E-state index is -4.73. The molecule has 0 radical (unpaired) electrons. The number of aliphatic imine (C=N–C) groups is 1.